The lowest BCUT2D eigenvalue weighted by molar-refractivity contribution is -0.141. The Morgan fingerprint density at radius 1 is 1.07 bits per heavy atom. The van der Waals surface area contributed by atoms with Crippen LogP contribution in [0.4, 0.5) is 23.4 Å². The lowest BCUT2D eigenvalue weighted by Gasteiger charge is -2.27. The van der Waals surface area contributed by atoms with Crippen LogP contribution in [0.5, 0.6) is 11.5 Å². The number of aliphatic hydroxyl groups excluding tert-OH is 1. The maximum absolute atomic E-state index is 15.4. The molecule has 9 nitrogen and oxygen atoms in total. The number of pyridine rings is 1. The zero-order valence-corrected chi connectivity index (χ0v) is 23.2. The van der Waals surface area contributed by atoms with Gasteiger partial charge in [0.05, 0.1) is 62.8 Å². The topological polar surface area (TPSA) is 103 Å². The second-order valence-electron chi connectivity index (χ2n) is 10.2. The van der Waals surface area contributed by atoms with E-state index in [-0.39, 0.29) is 30.9 Å². The van der Waals surface area contributed by atoms with Gasteiger partial charge in [-0.1, -0.05) is 12.1 Å². The number of benzene rings is 2. The number of aromatic nitrogens is 4. The van der Waals surface area contributed by atoms with E-state index >= 15 is 4.39 Å². The molecule has 4 heterocycles. The van der Waals surface area contributed by atoms with E-state index in [1.165, 1.54) is 18.2 Å². The lowest BCUT2D eigenvalue weighted by atomic mass is 9.88. The Morgan fingerprint density at radius 3 is 2.65 bits per heavy atom. The van der Waals surface area contributed by atoms with Crippen molar-refractivity contribution in [3.05, 3.63) is 88.9 Å². The van der Waals surface area contributed by atoms with Gasteiger partial charge in [-0.15, -0.1) is 0 Å². The molecular formula is C30H27F4N5O4. The second-order valence-corrected chi connectivity index (χ2v) is 10.2. The van der Waals surface area contributed by atoms with Crippen molar-refractivity contribution in [3.63, 3.8) is 0 Å². The fourth-order valence-electron chi connectivity index (χ4n) is 5.39. The number of ether oxygens (including phenoxy) is 3. The number of anilines is 1. The summed E-state index contributed by atoms with van der Waals surface area (Å²) in [6.07, 6.45) is -2.63. The molecule has 0 spiro atoms. The van der Waals surface area contributed by atoms with Crippen LogP contribution in [0.3, 0.4) is 0 Å². The minimum atomic E-state index is -4.58. The van der Waals surface area contributed by atoms with Crippen LogP contribution in [-0.4, -0.2) is 45.3 Å². The molecule has 224 valence electrons. The lowest BCUT2D eigenvalue weighted by Crippen LogP contribution is -2.22. The van der Waals surface area contributed by atoms with Gasteiger partial charge in [0.1, 0.15) is 17.0 Å². The van der Waals surface area contributed by atoms with Gasteiger partial charge in [-0.2, -0.15) is 13.2 Å². The van der Waals surface area contributed by atoms with Crippen LogP contribution < -0.4 is 14.8 Å². The van der Waals surface area contributed by atoms with Crippen molar-refractivity contribution < 1.29 is 36.9 Å². The van der Waals surface area contributed by atoms with Crippen LogP contribution >= 0.6 is 0 Å². The molecule has 6 rings (SSSR count). The van der Waals surface area contributed by atoms with E-state index in [4.69, 9.17) is 14.2 Å². The number of aliphatic hydroxyl groups is 1. The van der Waals surface area contributed by atoms with E-state index in [9.17, 15) is 18.3 Å². The maximum atomic E-state index is 15.4. The first kappa shape index (κ1) is 28.6. The largest absolute Gasteiger partial charge is 0.493 e. The van der Waals surface area contributed by atoms with Crippen molar-refractivity contribution in [1.29, 1.82) is 0 Å². The molecule has 3 aromatic heterocycles. The Labute approximate surface area is 243 Å². The molecule has 0 bridgehead atoms. The summed E-state index contributed by atoms with van der Waals surface area (Å²) >= 11 is 0. The first-order valence-corrected chi connectivity index (χ1v) is 13.4. The van der Waals surface area contributed by atoms with Crippen molar-refractivity contribution in [2.75, 3.05) is 26.1 Å². The highest BCUT2D eigenvalue weighted by Gasteiger charge is 2.35. The highest BCUT2D eigenvalue weighted by molar-refractivity contribution is 5.84. The number of hydrogen-bond donors (Lipinski definition) is 2. The number of hydrogen-bond acceptors (Lipinski definition) is 8. The molecular weight excluding hydrogens is 570 g/mol. The molecule has 0 aliphatic carbocycles. The van der Waals surface area contributed by atoms with E-state index in [1.54, 1.807) is 37.2 Å². The molecule has 2 aromatic carbocycles. The monoisotopic (exact) mass is 597 g/mol. The molecule has 0 saturated carbocycles. The molecule has 2 unspecified atom stereocenters. The third-order valence-corrected chi connectivity index (χ3v) is 7.54. The van der Waals surface area contributed by atoms with Gasteiger partial charge in [0.15, 0.2) is 17.3 Å². The van der Waals surface area contributed by atoms with E-state index < -0.39 is 29.7 Å². The standard InChI is InChI=1S/C30H27F4N5O4/c1-41-26-5-3-16(7-27(26)42-2)11-36-29-24-12-35-15-39(24)23-9-19(20(31)10-21(23)38-29)25(40)8-17-13-43-14-22-18(17)4-6-28(37-22)30(32,33)34/h3-7,9-10,12,15,17,25,40H,8,11,13-14H2,1-2H3,(H,36,38). The summed E-state index contributed by atoms with van der Waals surface area (Å²) in [5.41, 5.74) is 2.13. The van der Waals surface area contributed by atoms with Crippen LogP contribution in [0.25, 0.3) is 16.6 Å². The van der Waals surface area contributed by atoms with Crippen molar-refractivity contribution in [2.24, 2.45) is 0 Å². The number of nitrogens with zero attached hydrogens (tertiary/aromatic N) is 4. The summed E-state index contributed by atoms with van der Waals surface area (Å²) in [5, 5.41) is 14.4. The minimum Gasteiger partial charge on any atom is -0.493 e. The van der Waals surface area contributed by atoms with Gasteiger partial charge in [-0.05, 0) is 41.8 Å². The van der Waals surface area contributed by atoms with Gasteiger partial charge in [-0.25, -0.2) is 19.3 Å². The van der Waals surface area contributed by atoms with Crippen LogP contribution in [0.15, 0.2) is 55.0 Å². The number of methoxy groups -OCH3 is 2. The molecule has 2 N–H and O–H groups in total. The quantitative estimate of drug-likeness (QED) is 0.216. The third kappa shape index (κ3) is 5.53. The molecule has 2 atom stereocenters. The Balaban J connectivity index is 1.27. The number of halogens is 4. The number of alkyl halides is 3. The van der Waals surface area contributed by atoms with Crippen molar-refractivity contribution in [1.82, 2.24) is 19.4 Å². The first-order chi connectivity index (χ1) is 20.7. The number of imidazole rings is 1. The van der Waals surface area contributed by atoms with E-state index in [0.717, 1.165) is 11.6 Å². The SMILES string of the molecule is COc1ccc(CNc2nc3cc(F)c(C(O)CC4COCc5nc(C(F)(F)F)ccc54)cc3n3cncc23)cc1OC. The summed E-state index contributed by atoms with van der Waals surface area (Å²) in [6.45, 7) is 0.487. The predicted molar refractivity (Wildman–Crippen MR) is 149 cm³/mol. The van der Waals surface area contributed by atoms with E-state index in [2.05, 4.69) is 20.3 Å². The van der Waals surface area contributed by atoms with E-state index in [0.29, 0.717) is 46.0 Å². The molecule has 0 amide bonds. The smallest absolute Gasteiger partial charge is 0.433 e. The van der Waals surface area contributed by atoms with Crippen LogP contribution in [-0.2, 0) is 24.1 Å². The first-order valence-electron chi connectivity index (χ1n) is 13.4. The Hall–Kier alpha value is -4.49. The molecule has 1 aliphatic heterocycles. The highest BCUT2D eigenvalue weighted by atomic mass is 19.4. The second kappa shape index (κ2) is 11.3. The average molecular weight is 598 g/mol. The average Bonchev–Trinajstić information content (AvgIpc) is 3.49. The zero-order chi connectivity index (χ0) is 30.3. The summed E-state index contributed by atoms with van der Waals surface area (Å²) < 4.78 is 72.7. The molecule has 0 saturated heterocycles. The highest BCUT2D eigenvalue weighted by Crippen LogP contribution is 2.37. The third-order valence-electron chi connectivity index (χ3n) is 7.54. The van der Waals surface area contributed by atoms with Gasteiger partial charge < -0.3 is 24.6 Å². The van der Waals surface area contributed by atoms with Crippen molar-refractivity contribution in [3.8, 4) is 11.5 Å². The fourth-order valence-corrected chi connectivity index (χ4v) is 5.39. The zero-order valence-electron chi connectivity index (χ0n) is 23.2. The molecule has 13 heteroatoms. The van der Waals surface area contributed by atoms with Gasteiger partial charge in [0.25, 0.3) is 0 Å². The Kier molecular flexibility index (Phi) is 7.52. The van der Waals surface area contributed by atoms with E-state index in [1.807, 2.05) is 12.1 Å². The molecule has 0 fully saturated rings. The van der Waals surface area contributed by atoms with Gasteiger partial charge >= 0.3 is 6.18 Å². The van der Waals surface area contributed by atoms with Crippen molar-refractivity contribution >= 4 is 22.4 Å². The summed E-state index contributed by atoms with van der Waals surface area (Å²) in [6, 6.07) is 10.6. The molecule has 43 heavy (non-hydrogen) atoms. The number of fused-ring (bicyclic) bond motifs is 4. The maximum Gasteiger partial charge on any atom is 0.433 e. The van der Waals surface area contributed by atoms with Crippen molar-refractivity contribution in [2.45, 2.75) is 37.8 Å². The molecule has 1 aliphatic rings. The predicted octanol–water partition coefficient (Wildman–Crippen LogP) is 5.80. The van der Waals surface area contributed by atoms with Gasteiger partial charge in [-0.3, -0.25) is 4.40 Å². The summed E-state index contributed by atoms with van der Waals surface area (Å²) in [4.78, 5) is 12.6. The van der Waals surface area contributed by atoms with Crippen LogP contribution in [0, 0.1) is 5.82 Å². The van der Waals surface area contributed by atoms with Crippen LogP contribution in [0.2, 0.25) is 0 Å². The Bertz CT molecular complexity index is 1810. The van der Waals surface area contributed by atoms with Crippen LogP contribution in [0.1, 0.15) is 46.5 Å². The van der Waals surface area contributed by atoms with Gasteiger partial charge in [0.2, 0.25) is 0 Å². The minimum absolute atomic E-state index is 0.0218. The fraction of sp³-hybridized carbons (Fsp3) is 0.300. The Morgan fingerprint density at radius 2 is 1.88 bits per heavy atom. The molecule has 5 aromatic rings. The normalized spacial score (nSPS) is 15.8. The number of rotatable bonds is 8. The molecule has 0 radical (unpaired) electrons. The van der Waals surface area contributed by atoms with Gasteiger partial charge in [0, 0.05) is 24.1 Å². The summed E-state index contributed by atoms with van der Waals surface area (Å²) in [5.74, 6) is 0.531. The number of nitrogens with one attached hydrogen (secondary N) is 1. The summed E-state index contributed by atoms with van der Waals surface area (Å²) in [7, 11) is 3.12.